The Kier molecular flexibility index (Phi) is 3.60. The van der Waals surface area contributed by atoms with E-state index in [9.17, 15) is 0 Å². The molecular formula is C19H24N+. The fraction of sp³-hybridized carbons (Fsp3) is 0.421. The van der Waals surface area contributed by atoms with E-state index in [1.165, 1.54) is 53.6 Å². The third kappa shape index (κ3) is 2.49. The van der Waals surface area contributed by atoms with E-state index in [0.717, 1.165) is 5.92 Å². The summed E-state index contributed by atoms with van der Waals surface area (Å²) in [6, 6.07) is 11.5. The van der Waals surface area contributed by atoms with Gasteiger partial charge in [0.15, 0.2) is 6.20 Å². The molecule has 3 rings (SSSR count). The maximum atomic E-state index is 2.41. The lowest BCUT2D eigenvalue weighted by molar-refractivity contribution is -0.660. The molecule has 0 N–H and O–H groups in total. The van der Waals surface area contributed by atoms with Crippen LogP contribution in [0.25, 0.3) is 11.3 Å². The molecule has 0 unspecified atom stereocenters. The van der Waals surface area contributed by atoms with Crippen molar-refractivity contribution < 1.29 is 4.57 Å². The van der Waals surface area contributed by atoms with Crippen LogP contribution in [0.2, 0.25) is 0 Å². The van der Waals surface area contributed by atoms with Crippen LogP contribution < -0.4 is 4.57 Å². The first kappa shape index (κ1) is 13.4. The molecule has 1 saturated carbocycles. The molecule has 1 heterocycles. The zero-order valence-electron chi connectivity index (χ0n) is 12.8. The van der Waals surface area contributed by atoms with Gasteiger partial charge in [0.05, 0.1) is 0 Å². The topological polar surface area (TPSA) is 3.88 Å². The maximum absolute atomic E-state index is 2.41. The van der Waals surface area contributed by atoms with E-state index in [0.29, 0.717) is 0 Å². The number of aromatic nitrogens is 1. The van der Waals surface area contributed by atoms with E-state index >= 15 is 0 Å². The summed E-state index contributed by atoms with van der Waals surface area (Å²) >= 11 is 0. The lowest BCUT2D eigenvalue weighted by atomic mass is 9.95. The summed E-state index contributed by atoms with van der Waals surface area (Å²) in [5, 5.41) is 0. The number of aryl methyl sites for hydroxylation is 3. The van der Waals surface area contributed by atoms with Gasteiger partial charge >= 0.3 is 0 Å². The predicted molar refractivity (Wildman–Crippen MR) is 83.7 cm³/mol. The highest BCUT2D eigenvalue weighted by molar-refractivity contribution is 5.62. The first-order valence-electron chi connectivity index (χ1n) is 7.72. The Hall–Kier alpha value is -1.63. The Morgan fingerprint density at radius 3 is 2.50 bits per heavy atom. The molecule has 1 aliphatic rings. The predicted octanol–water partition coefficient (Wildman–Crippen LogP) is 4.45. The van der Waals surface area contributed by atoms with Crippen LogP contribution in [-0.2, 0) is 7.05 Å². The van der Waals surface area contributed by atoms with Gasteiger partial charge in [0.1, 0.15) is 7.05 Å². The van der Waals surface area contributed by atoms with Gasteiger partial charge < -0.3 is 0 Å². The van der Waals surface area contributed by atoms with E-state index in [4.69, 9.17) is 0 Å². The van der Waals surface area contributed by atoms with E-state index in [1.54, 1.807) is 0 Å². The van der Waals surface area contributed by atoms with Gasteiger partial charge in [-0.25, -0.2) is 4.57 Å². The zero-order chi connectivity index (χ0) is 14.1. The quantitative estimate of drug-likeness (QED) is 0.707. The van der Waals surface area contributed by atoms with Gasteiger partial charge in [-0.15, -0.1) is 0 Å². The summed E-state index contributed by atoms with van der Waals surface area (Å²) < 4.78 is 2.25. The molecule has 1 nitrogen and oxygen atoms in total. The highest BCUT2D eigenvalue weighted by Crippen LogP contribution is 2.35. The maximum Gasteiger partial charge on any atom is 0.212 e. The van der Waals surface area contributed by atoms with Crippen LogP contribution in [0.3, 0.4) is 0 Å². The minimum Gasteiger partial charge on any atom is -0.201 e. The fourth-order valence-electron chi connectivity index (χ4n) is 3.38. The average molecular weight is 266 g/mol. The molecule has 0 bridgehead atoms. The van der Waals surface area contributed by atoms with Crippen molar-refractivity contribution in [3.8, 4) is 11.3 Å². The molecule has 0 amide bonds. The summed E-state index contributed by atoms with van der Waals surface area (Å²) in [6.45, 7) is 4.38. The van der Waals surface area contributed by atoms with Crippen molar-refractivity contribution in [3.05, 3.63) is 53.2 Å². The Balaban J connectivity index is 2.07. The summed E-state index contributed by atoms with van der Waals surface area (Å²) in [5.74, 6) is 0.778. The second kappa shape index (κ2) is 5.40. The van der Waals surface area contributed by atoms with E-state index in [2.05, 4.69) is 62.0 Å². The van der Waals surface area contributed by atoms with Gasteiger partial charge in [-0.3, -0.25) is 0 Å². The first-order chi connectivity index (χ1) is 9.65. The number of nitrogens with zero attached hydrogens (tertiary/aromatic N) is 1. The van der Waals surface area contributed by atoms with E-state index in [1.807, 2.05) is 0 Å². The number of benzene rings is 1. The Labute approximate surface area is 122 Å². The summed E-state index contributed by atoms with van der Waals surface area (Å²) in [7, 11) is 2.15. The SMILES string of the molecule is Cc1ccc(C)c(-c2cc(C3CCCC3)cc[n+]2C)c1. The Morgan fingerprint density at radius 1 is 1.00 bits per heavy atom. The standard InChI is InChI=1S/C19H24N/c1-14-8-9-15(2)18(12-14)19-13-17(10-11-20(19)3)16-6-4-5-7-16/h8-13,16H,4-7H2,1-3H3/q+1. The molecule has 0 radical (unpaired) electrons. The summed E-state index contributed by atoms with van der Waals surface area (Å²) in [4.78, 5) is 0. The van der Waals surface area contributed by atoms with Crippen LogP contribution >= 0.6 is 0 Å². The molecule has 1 fully saturated rings. The molecule has 0 spiro atoms. The van der Waals surface area contributed by atoms with Gasteiger partial charge in [0, 0.05) is 17.7 Å². The van der Waals surface area contributed by atoms with Crippen LogP contribution in [0.15, 0.2) is 36.5 Å². The van der Waals surface area contributed by atoms with Gasteiger partial charge in [-0.1, -0.05) is 30.5 Å². The molecule has 1 aromatic heterocycles. The van der Waals surface area contributed by atoms with Crippen LogP contribution in [0, 0.1) is 13.8 Å². The highest BCUT2D eigenvalue weighted by atomic mass is 14.9. The number of pyridine rings is 1. The molecule has 1 aliphatic carbocycles. The minimum atomic E-state index is 0.778. The van der Waals surface area contributed by atoms with Crippen molar-refractivity contribution in [2.24, 2.45) is 7.05 Å². The molecule has 0 saturated heterocycles. The summed E-state index contributed by atoms with van der Waals surface area (Å²) in [5.41, 5.74) is 6.92. The lowest BCUT2D eigenvalue weighted by Gasteiger charge is -2.11. The van der Waals surface area contributed by atoms with Crippen molar-refractivity contribution in [2.45, 2.75) is 45.4 Å². The van der Waals surface area contributed by atoms with Crippen molar-refractivity contribution in [1.29, 1.82) is 0 Å². The third-order valence-electron chi connectivity index (χ3n) is 4.67. The average Bonchev–Trinajstić information content (AvgIpc) is 2.96. The second-order valence-electron chi connectivity index (χ2n) is 6.26. The van der Waals surface area contributed by atoms with Crippen LogP contribution in [0.1, 0.15) is 48.3 Å². The molecule has 1 heteroatoms. The molecule has 104 valence electrons. The van der Waals surface area contributed by atoms with Gasteiger partial charge in [-0.05, 0) is 49.8 Å². The second-order valence-corrected chi connectivity index (χ2v) is 6.26. The summed E-state index contributed by atoms with van der Waals surface area (Å²) in [6.07, 6.45) is 7.74. The largest absolute Gasteiger partial charge is 0.212 e. The van der Waals surface area contributed by atoms with Gasteiger partial charge in [-0.2, -0.15) is 0 Å². The number of rotatable bonds is 2. The molecule has 2 aromatic rings. The molecule has 0 atom stereocenters. The van der Waals surface area contributed by atoms with Crippen LogP contribution in [0.4, 0.5) is 0 Å². The Bertz CT molecular complexity index is 622. The van der Waals surface area contributed by atoms with Crippen molar-refractivity contribution in [1.82, 2.24) is 0 Å². The number of hydrogen-bond acceptors (Lipinski definition) is 0. The normalized spacial score (nSPS) is 15.8. The van der Waals surface area contributed by atoms with Crippen LogP contribution in [0.5, 0.6) is 0 Å². The van der Waals surface area contributed by atoms with Crippen molar-refractivity contribution in [3.63, 3.8) is 0 Å². The highest BCUT2D eigenvalue weighted by Gasteiger charge is 2.21. The molecule has 0 aliphatic heterocycles. The lowest BCUT2D eigenvalue weighted by Crippen LogP contribution is -2.31. The fourth-order valence-corrected chi connectivity index (χ4v) is 3.38. The first-order valence-corrected chi connectivity index (χ1v) is 7.72. The zero-order valence-corrected chi connectivity index (χ0v) is 12.8. The van der Waals surface area contributed by atoms with Gasteiger partial charge in [0.2, 0.25) is 5.69 Å². The van der Waals surface area contributed by atoms with Gasteiger partial charge in [0.25, 0.3) is 0 Å². The monoisotopic (exact) mass is 266 g/mol. The van der Waals surface area contributed by atoms with E-state index in [-0.39, 0.29) is 0 Å². The third-order valence-corrected chi connectivity index (χ3v) is 4.67. The minimum absolute atomic E-state index is 0.778. The van der Waals surface area contributed by atoms with Crippen LogP contribution in [-0.4, -0.2) is 0 Å². The van der Waals surface area contributed by atoms with E-state index < -0.39 is 0 Å². The van der Waals surface area contributed by atoms with Crippen molar-refractivity contribution >= 4 is 0 Å². The number of hydrogen-bond donors (Lipinski definition) is 0. The molecular weight excluding hydrogens is 242 g/mol. The van der Waals surface area contributed by atoms with Crippen molar-refractivity contribution in [2.75, 3.05) is 0 Å². The molecule has 1 aromatic carbocycles. The molecule has 20 heavy (non-hydrogen) atoms. The Morgan fingerprint density at radius 2 is 1.75 bits per heavy atom. The smallest absolute Gasteiger partial charge is 0.201 e.